The van der Waals surface area contributed by atoms with Crippen LogP contribution in [0.2, 0.25) is 0 Å². The van der Waals surface area contributed by atoms with Gasteiger partial charge in [0, 0.05) is 10.0 Å². The van der Waals surface area contributed by atoms with E-state index in [0.717, 1.165) is 35.0 Å². The topological polar surface area (TPSA) is 29.5 Å². The molecule has 112 valence electrons. The minimum atomic E-state index is -0.516. The molecule has 0 spiro atoms. The fraction of sp³-hybridized carbons (Fsp3) is 0.333. The summed E-state index contributed by atoms with van der Waals surface area (Å²) in [6.45, 7) is 2.43. The van der Waals surface area contributed by atoms with Crippen molar-refractivity contribution in [3.05, 3.63) is 64.1 Å². The predicted molar refractivity (Wildman–Crippen MR) is 89.7 cm³/mol. The molecule has 3 heteroatoms. The number of halogens is 1. The van der Waals surface area contributed by atoms with Crippen molar-refractivity contribution in [1.29, 1.82) is 0 Å². The number of aliphatic hydroxyl groups is 1. The van der Waals surface area contributed by atoms with Gasteiger partial charge in [0.25, 0.3) is 0 Å². The van der Waals surface area contributed by atoms with E-state index in [1.54, 1.807) is 6.92 Å². The lowest BCUT2D eigenvalue weighted by Gasteiger charge is -2.14. The minimum Gasteiger partial charge on any atom is -0.493 e. The fourth-order valence-electron chi connectivity index (χ4n) is 2.24. The maximum Gasteiger partial charge on any atom is 0.126 e. The first-order valence-corrected chi connectivity index (χ1v) is 8.10. The zero-order chi connectivity index (χ0) is 15.1. The van der Waals surface area contributed by atoms with Gasteiger partial charge in [-0.1, -0.05) is 52.3 Å². The maximum absolute atomic E-state index is 9.75. The Morgan fingerprint density at radius 2 is 1.86 bits per heavy atom. The molecule has 0 aliphatic heterocycles. The van der Waals surface area contributed by atoms with E-state index < -0.39 is 6.10 Å². The fourth-order valence-corrected chi connectivity index (χ4v) is 2.58. The second-order valence-corrected chi connectivity index (χ2v) is 6.06. The highest BCUT2D eigenvalue weighted by Gasteiger charge is 2.09. The highest BCUT2D eigenvalue weighted by molar-refractivity contribution is 9.10. The normalized spacial score (nSPS) is 12.1. The first kappa shape index (κ1) is 16.1. The summed E-state index contributed by atoms with van der Waals surface area (Å²) >= 11 is 3.44. The second kappa shape index (κ2) is 8.20. The van der Waals surface area contributed by atoms with Gasteiger partial charge in [-0.2, -0.15) is 0 Å². The summed E-state index contributed by atoms with van der Waals surface area (Å²) in [6, 6.07) is 16.2. The molecule has 1 N–H and O–H groups in total. The highest BCUT2D eigenvalue weighted by Crippen LogP contribution is 2.28. The zero-order valence-electron chi connectivity index (χ0n) is 12.3. The summed E-state index contributed by atoms with van der Waals surface area (Å²) in [5.41, 5.74) is 2.20. The molecule has 0 aliphatic rings. The number of ether oxygens (including phenoxy) is 1. The summed E-state index contributed by atoms with van der Waals surface area (Å²) in [6.07, 6.45) is 2.66. The molecule has 0 unspecified atom stereocenters. The predicted octanol–water partition coefficient (Wildman–Crippen LogP) is 4.90. The van der Waals surface area contributed by atoms with Crippen LogP contribution in [0, 0.1) is 0 Å². The Labute approximate surface area is 134 Å². The van der Waals surface area contributed by atoms with Crippen LogP contribution in [-0.2, 0) is 6.42 Å². The first-order chi connectivity index (χ1) is 10.2. The van der Waals surface area contributed by atoms with Gasteiger partial charge < -0.3 is 9.84 Å². The van der Waals surface area contributed by atoms with E-state index in [1.807, 2.05) is 24.3 Å². The van der Waals surface area contributed by atoms with Crippen LogP contribution in [-0.4, -0.2) is 11.7 Å². The molecule has 2 nitrogen and oxygen atoms in total. The summed E-state index contributed by atoms with van der Waals surface area (Å²) in [7, 11) is 0. The minimum absolute atomic E-state index is 0.516. The molecule has 0 saturated carbocycles. The Morgan fingerprint density at radius 3 is 2.57 bits per heavy atom. The van der Waals surface area contributed by atoms with Crippen LogP contribution in [0.15, 0.2) is 53.0 Å². The third-order valence-electron chi connectivity index (χ3n) is 3.39. The van der Waals surface area contributed by atoms with E-state index in [2.05, 4.69) is 40.2 Å². The molecular formula is C18H21BrO2. The molecule has 0 radical (unpaired) electrons. The largest absolute Gasteiger partial charge is 0.493 e. The molecule has 2 aromatic carbocycles. The van der Waals surface area contributed by atoms with Gasteiger partial charge >= 0.3 is 0 Å². The standard InChI is InChI=1S/C18H21BrO2/c1-14(20)17-11-10-16(19)13-18(17)21-12-6-5-9-15-7-3-2-4-8-15/h2-4,7-8,10-11,13-14,20H,5-6,9,12H2,1H3/t14-/m0/s1. The van der Waals surface area contributed by atoms with Crippen LogP contribution in [0.5, 0.6) is 5.75 Å². The Morgan fingerprint density at radius 1 is 1.10 bits per heavy atom. The third kappa shape index (κ3) is 5.18. The van der Waals surface area contributed by atoms with E-state index in [1.165, 1.54) is 5.56 Å². The average Bonchev–Trinajstić information content (AvgIpc) is 2.48. The van der Waals surface area contributed by atoms with Gasteiger partial charge in [-0.05, 0) is 43.9 Å². The van der Waals surface area contributed by atoms with Crippen LogP contribution in [0.3, 0.4) is 0 Å². The quantitative estimate of drug-likeness (QED) is 0.720. The molecule has 0 amide bonds. The molecule has 0 aromatic heterocycles. The lowest BCUT2D eigenvalue weighted by molar-refractivity contribution is 0.190. The lowest BCUT2D eigenvalue weighted by atomic mass is 10.1. The molecule has 0 aliphatic carbocycles. The molecule has 0 saturated heterocycles. The van der Waals surface area contributed by atoms with Gasteiger partial charge in [-0.25, -0.2) is 0 Å². The molecule has 0 bridgehead atoms. The van der Waals surface area contributed by atoms with Gasteiger partial charge in [0.2, 0.25) is 0 Å². The van der Waals surface area contributed by atoms with Crippen LogP contribution in [0.1, 0.15) is 37.0 Å². The summed E-state index contributed by atoms with van der Waals surface area (Å²) in [4.78, 5) is 0. The van der Waals surface area contributed by atoms with Gasteiger partial charge in [-0.15, -0.1) is 0 Å². The summed E-state index contributed by atoms with van der Waals surface area (Å²) < 4.78 is 6.79. The van der Waals surface area contributed by atoms with Crippen molar-refractivity contribution in [3.8, 4) is 5.75 Å². The van der Waals surface area contributed by atoms with Crippen LogP contribution in [0.4, 0.5) is 0 Å². The van der Waals surface area contributed by atoms with Crippen LogP contribution < -0.4 is 4.74 Å². The van der Waals surface area contributed by atoms with E-state index in [-0.39, 0.29) is 0 Å². The molecular weight excluding hydrogens is 328 g/mol. The van der Waals surface area contributed by atoms with E-state index in [9.17, 15) is 5.11 Å². The van der Waals surface area contributed by atoms with E-state index in [4.69, 9.17) is 4.74 Å². The number of aliphatic hydroxyl groups excluding tert-OH is 1. The Bertz CT molecular complexity index is 552. The van der Waals surface area contributed by atoms with Crippen molar-refractivity contribution in [3.63, 3.8) is 0 Å². The number of aryl methyl sites for hydroxylation is 1. The van der Waals surface area contributed by atoms with Crippen molar-refractivity contribution < 1.29 is 9.84 Å². The Kier molecular flexibility index (Phi) is 6.27. The number of unbranched alkanes of at least 4 members (excludes halogenated alkanes) is 1. The smallest absolute Gasteiger partial charge is 0.126 e. The monoisotopic (exact) mass is 348 g/mol. The lowest BCUT2D eigenvalue weighted by Crippen LogP contribution is -2.03. The van der Waals surface area contributed by atoms with Crippen molar-refractivity contribution in [2.45, 2.75) is 32.3 Å². The second-order valence-electron chi connectivity index (χ2n) is 5.15. The highest BCUT2D eigenvalue weighted by atomic mass is 79.9. The molecule has 0 heterocycles. The van der Waals surface area contributed by atoms with Crippen molar-refractivity contribution in [2.24, 2.45) is 0 Å². The summed E-state index contributed by atoms with van der Waals surface area (Å²) in [5, 5.41) is 9.75. The molecule has 2 rings (SSSR count). The zero-order valence-corrected chi connectivity index (χ0v) is 13.8. The van der Waals surface area contributed by atoms with E-state index in [0.29, 0.717) is 6.61 Å². The van der Waals surface area contributed by atoms with Gasteiger partial charge in [-0.3, -0.25) is 0 Å². The van der Waals surface area contributed by atoms with Gasteiger partial charge in [0.1, 0.15) is 5.75 Å². The molecule has 1 atom stereocenters. The molecule has 0 fully saturated rings. The van der Waals surface area contributed by atoms with Crippen molar-refractivity contribution in [1.82, 2.24) is 0 Å². The van der Waals surface area contributed by atoms with Gasteiger partial charge in [0.05, 0.1) is 12.7 Å². The number of hydrogen-bond acceptors (Lipinski definition) is 2. The van der Waals surface area contributed by atoms with Crippen LogP contribution in [0.25, 0.3) is 0 Å². The Hall–Kier alpha value is -1.32. The number of hydrogen-bond donors (Lipinski definition) is 1. The number of benzene rings is 2. The van der Waals surface area contributed by atoms with Crippen molar-refractivity contribution in [2.75, 3.05) is 6.61 Å². The molecule has 2 aromatic rings. The van der Waals surface area contributed by atoms with E-state index >= 15 is 0 Å². The number of rotatable bonds is 7. The third-order valence-corrected chi connectivity index (χ3v) is 3.88. The van der Waals surface area contributed by atoms with Crippen molar-refractivity contribution >= 4 is 15.9 Å². The maximum atomic E-state index is 9.75. The average molecular weight is 349 g/mol. The SMILES string of the molecule is C[C@H](O)c1ccc(Br)cc1OCCCCc1ccccc1. The molecule has 21 heavy (non-hydrogen) atoms. The van der Waals surface area contributed by atoms with Crippen LogP contribution >= 0.6 is 15.9 Å². The first-order valence-electron chi connectivity index (χ1n) is 7.31. The Balaban J connectivity index is 1.79. The van der Waals surface area contributed by atoms with Gasteiger partial charge in [0.15, 0.2) is 0 Å². The summed E-state index contributed by atoms with van der Waals surface area (Å²) in [5.74, 6) is 0.763.